The Morgan fingerprint density at radius 3 is 2.48 bits per heavy atom. The number of hydrogen-bond donors (Lipinski definition) is 4. The minimum Gasteiger partial charge on any atom is -0.480 e. The van der Waals surface area contributed by atoms with E-state index in [0.717, 1.165) is 12.8 Å². The third kappa shape index (κ3) is 5.20. The van der Waals surface area contributed by atoms with Crippen LogP contribution in [-0.2, 0) is 14.4 Å². The van der Waals surface area contributed by atoms with E-state index in [1.54, 1.807) is 0 Å². The van der Waals surface area contributed by atoms with E-state index in [4.69, 9.17) is 5.73 Å². The van der Waals surface area contributed by atoms with E-state index in [1.807, 2.05) is 0 Å². The number of nitrogens with two attached hydrogens (primary N) is 1. The Kier molecular flexibility index (Phi) is 6.38. The molecule has 7 nitrogen and oxygen atoms in total. The van der Waals surface area contributed by atoms with Gasteiger partial charge in [-0.2, -0.15) is 0 Å². The van der Waals surface area contributed by atoms with Crippen molar-refractivity contribution >= 4 is 17.8 Å². The standard InChI is InChI=1S/C16H27N3O4/c17-12(8-10-4-2-1-3-5-10)15(21)19-13(16(22)23)9-11-6-7-18-14(11)20/h10-13H,1-9,17H2,(H,18,20)(H,19,21)(H,22,23)/t11-,12-,13-/m0/s1. The lowest BCUT2D eigenvalue weighted by Gasteiger charge is -2.25. The summed E-state index contributed by atoms with van der Waals surface area (Å²) in [6, 6.07) is -1.74. The van der Waals surface area contributed by atoms with Crippen molar-refractivity contribution in [3.05, 3.63) is 0 Å². The zero-order valence-electron chi connectivity index (χ0n) is 13.4. The van der Waals surface area contributed by atoms with Crippen LogP contribution < -0.4 is 16.4 Å². The third-order valence-electron chi connectivity index (χ3n) is 4.95. The first-order valence-electron chi connectivity index (χ1n) is 8.54. The summed E-state index contributed by atoms with van der Waals surface area (Å²) in [5.74, 6) is -1.60. The van der Waals surface area contributed by atoms with Crippen LogP contribution in [0.15, 0.2) is 0 Å². The normalized spacial score (nSPS) is 24.7. The van der Waals surface area contributed by atoms with E-state index in [0.29, 0.717) is 25.3 Å². The van der Waals surface area contributed by atoms with Crippen molar-refractivity contribution in [1.29, 1.82) is 0 Å². The molecule has 23 heavy (non-hydrogen) atoms. The van der Waals surface area contributed by atoms with E-state index < -0.39 is 24.0 Å². The Labute approximate surface area is 136 Å². The van der Waals surface area contributed by atoms with Gasteiger partial charge in [-0.1, -0.05) is 32.1 Å². The number of carboxylic acids is 1. The minimum atomic E-state index is -1.12. The van der Waals surface area contributed by atoms with Crippen LogP contribution in [0.5, 0.6) is 0 Å². The number of amides is 2. The van der Waals surface area contributed by atoms with Gasteiger partial charge in [-0.05, 0) is 25.2 Å². The molecule has 0 spiro atoms. The van der Waals surface area contributed by atoms with Crippen molar-refractivity contribution in [3.63, 3.8) is 0 Å². The zero-order chi connectivity index (χ0) is 16.8. The summed E-state index contributed by atoms with van der Waals surface area (Å²) >= 11 is 0. The van der Waals surface area contributed by atoms with Crippen molar-refractivity contribution in [2.45, 2.75) is 63.5 Å². The Balaban J connectivity index is 1.83. The maximum Gasteiger partial charge on any atom is 0.326 e. The lowest BCUT2D eigenvalue weighted by Crippen LogP contribution is -2.50. The van der Waals surface area contributed by atoms with E-state index in [-0.39, 0.29) is 18.2 Å². The molecule has 1 aliphatic carbocycles. The van der Waals surface area contributed by atoms with Crippen molar-refractivity contribution in [1.82, 2.24) is 10.6 Å². The molecular formula is C16H27N3O4. The molecule has 0 unspecified atom stereocenters. The topological polar surface area (TPSA) is 122 Å². The summed E-state index contributed by atoms with van der Waals surface area (Å²) in [5, 5.41) is 14.5. The summed E-state index contributed by atoms with van der Waals surface area (Å²) in [4.78, 5) is 35.1. The predicted molar refractivity (Wildman–Crippen MR) is 84.5 cm³/mol. The zero-order valence-corrected chi connectivity index (χ0v) is 13.4. The SMILES string of the molecule is N[C@@H](CC1CCCCC1)C(=O)N[C@@H](C[C@@H]1CCNC1=O)C(=O)O. The molecular weight excluding hydrogens is 298 g/mol. The van der Waals surface area contributed by atoms with Gasteiger partial charge >= 0.3 is 5.97 Å². The molecule has 1 saturated heterocycles. The van der Waals surface area contributed by atoms with Gasteiger partial charge in [0.15, 0.2) is 0 Å². The summed E-state index contributed by atoms with van der Waals surface area (Å²) in [7, 11) is 0. The van der Waals surface area contributed by atoms with Crippen LogP contribution in [0.3, 0.4) is 0 Å². The van der Waals surface area contributed by atoms with Crippen LogP contribution in [0.25, 0.3) is 0 Å². The van der Waals surface area contributed by atoms with Gasteiger partial charge in [0.25, 0.3) is 0 Å². The lowest BCUT2D eigenvalue weighted by atomic mass is 9.85. The highest BCUT2D eigenvalue weighted by Gasteiger charge is 2.32. The highest BCUT2D eigenvalue weighted by Crippen LogP contribution is 2.27. The fraction of sp³-hybridized carbons (Fsp3) is 0.812. The van der Waals surface area contributed by atoms with E-state index >= 15 is 0 Å². The van der Waals surface area contributed by atoms with Crippen molar-refractivity contribution < 1.29 is 19.5 Å². The Morgan fingerprint density at radius 1 is 1.22 bits per heavy atom. The third-order valence-corrected chi connectivity index (χ3v) is 4.95. The molecule has 2 amide bonds. The van der Waals surface area contributed by atoms with Crippen LogP contribution in [0, 0.1) is 11.8 Å². The van der Waals surface area contributed by atoms with Gasteiger partial charge in [0.05, 0.1) is 6.04 Å². The molecule has 3 atom stereocenters. The molecule has 2 aliphatic rings. The monoisotopic (exact) mass is 325 g/mol. The first kappa shape index (κ1) is 17.7. The summed E-state index contributed by atoms with van der Waals surface area (Å²) in [6.45, 7) is 0.560. The van der Waals surface area contributed by atoms with Crippen LogP contribution in [0.1, 0.15) is 51.4 Å². The molecule has 1 heterocycles. The van der Waals surface area contributed by atoms with Crippen LogP contribution in [0.4, 0.5) is 0 Å². The molecule has 1 saturated carbocycles. The quantitative estimate of drug-likeness (QED) is 0.539. The fourth-order valence-electron chi connectivity index (χ4n) is 3.54. The molecule has 1 aliphatic heterocycles. The number of aliphatic carboxylic acids is 1. The molecule has 130 valence electrons. The molecule has 0 bridgehead atoms. The molecule has 2 fully saturated rings. The van der Waals surface area contributed by atoms with E-state index in [9.17, 15) is 19.5 Å². The van der Waals surface area contributed by atoms with Gasteiger partial charge in [0.2, 0.25) is 11.8 Å². The van der Waals surface area contributed by atoms with Crippen molar-refractivity contribution in [2.24, 2.45) is 17.6 Å². The van der Waals surface area contributed by atoms with Crippen LogP contribution >= 0.6 is 0 Å². The second-order valence-electron chi connectivity index (χ2n) is 6.76. The molecule has 2 rings (SSSR count). The number of hydrogen-bond acceptors (Lipinski definition) is 4. The van der Waals surface area contributed by atoms with Gasteiger partial charge in [0, 0.05) is 12.5 Å². The highest BCUT2D eigenvalue weighted by atomic mass is 16.4. The molecule has 5 N–H and O–H groups in total. The van der Waals surface area contributed by atoms with Gasteiger partial charge in [0.1, 0.15) is 6.04 Å². The number of carboxylic acid groups (broad SMARTS) is 1. The van der Waals surface area contributed by atoms with Crippen molar-refractivity contribution in [2.75, 3.05) is 6.54 Å². The molecule has 0 aromatic heterocycles. The van der Waals surface area contributed by atoms with Gasteiger partial charge < -0.3 is 21.5 Å². The largest absolute Gasteiger partial charge is 0.480 e. The highest BCUT2D eigenvalue weighted by molar-refractivity contribution is 5.87. The Hall–Kier alpha value is -1.63. The average molecular weight is 325 g/mol. The maximum atomic E-state index is 12.2. The Bertz CT molecular complexity index is 449. The van der Waals surface area contributed by atoms with Gasteiger partial charge in [-0.15, -0.1) is 0 Å². The summed E-state index contributed by atoms with van der Waals surface area (Å²) in [5.41, 5.74) is 5.95. The molecule has 0 aromatic carbocycles. The first-order valence-corrected chi connectivity index (χ1v) is 8.54. The molecule has 0 aromatic rings. The minimum absolute atomic E-state index is 0.114. The van der Waals surface area contributed by atoms with Crippen molar-refractivity contribution in [3.8, 4) is 0 Å². The van der Waals surface area contributed by atoms with E-state index in [1.165, 1.54) is 19.3 Å². The number of rotatable bonds is 7. The second kappa shape index (κ2) is 8.29. The van der Waals surface area contributed by atoms with Crippen LogP contribution in [-0.4, -0.2) is 41.5 Å². The summed E-state index contributed by atoms with van der Waals surface area (Å²) in [6.07, 6.45) is 7.08. The van der Waals surface area contributed by atoms with Gasteiger partial charge in [-0.25, -0.2) is 4.79 Å². The second-order valence-corrected chi connectivity index (χ2v) is 6.76. The maximum absolute atomic E-state index is 12.2. The lowest BCUT2D eigenvalue weighted by molar-refractivity contribution is -0.142. The fourth-order valence-corrected chi connectivity index (χ4v) is 3.54. The number of carbonyl (C=O) groups is 3. The summed E-state index contributed by atoms with van der Waals surface area (Å²) < 4.78 is 0. The molecule has 0 radical (unpaired) electrons. The van der Waals surface area contributed by atoms with E-state index in [2.05, 4.69) is 10.6 Å². The predicted octanol–water partition coefficient (Wildman–Crippen LogP) is 0.380. The first-order chi connectivity index (χ1) is 11.0. The number of carbonyl (C=O) groups excluding carboxylic acids is 2. The number of nitrogens with one attached hydrogen (secondary N) is 2. The van der Waals surface area contributed by atoms with Crippen LogP contribution in [0.2, 0.25) is 0 Å². The molecule has 7 heteroatoms. The van der Waals surface area contributed by atoms with Gasteiger partial charge in [-0.3, -0.25) is 9.59 Å². The average Bonchev–Trinajstić information content (AvgIpc) is 2.92. The smallest absolute Gasteiger partial charge is 0.326 e. The Morgan fingerprint density at radius 2 is 1.91 bits per heavy atom.